The molecular weight excluding hydrogens is 251 g/mol. The van der Waals surface area contributed by atoms with Crippen LogP contribution in [0.4, 0.5) is 0 Å². The van der Waals surface area contributed by atoms with Crippen LogP contribution in [0.3, 0.4) is 0 Å². The fraction of sp³-hybridized carbons (Fsp3) is 0.333. The molecule has 0 heterocycles. The molecule has 0 saturated heterocycles. The average Bonchev–Trinajstić information content (AvgIpc) is 1.96. The Labute approximate surface area is 80.6 Å². The lowest BCUT2D eigenvalue weighted by Gasteiger charge is -2.05. The van der Waals surface area contributed by atoms with E-state index in [-0.39, 0.29) is 6.61 Å². The quantitative estimate of drug-likeness (QED) is 0.770. The first kappa shape index (κ1) is 9.00. The fourth-order valence-corrected chi connectivity index (χ4v) is 1.64. The molecule has 0 saturated carbocycles. The Morgan fingerprint density at radius 2 is 2.00 bits per heavy atom. The van der Waals surface area contributed by atoms with Gasteiger partial charge in [0.1, 0.15) is 0 Å². The third kappa shape index (κ3) is 1.93. The summed E-state index contributed by atoms with van der Waals surface area (Å²) in [6, 6.07) is 4.15. The molecule has 1 aromatic carbocycles. The van der Waals surface area contributed by atoms with Crippen molar-refractivity contribution in [2.45, 2.75) is 20.5 Å². The van der Waals surface area contributed by atoms with Crippen LogP contribution in [0.15, 0.2) is 12.1 Å². The Balaban J connectivity index is 3.24. The minimum absolute atomic E-state index is 0.140. The van der Waals surface area contributed by atoms with E-state index in [0.717, 1.165) is 5.56 Å². The number of benzene rings is 1. The van der Waals surface area contributed by atoms with Crippen molar-refractivity contribution in [3.05, 3.63) is 32.4 Å². The summed E-state index contributed by atoms with van der Waals surface area (Å²) in [5.41, 5.74) is 3.49. The molecule has 0 bridgehead atoms. The van der Waals surface area contributed by atoms with Gasteiger partial charge in [-0.3, -0.25) is 0 Å². The SMILES string of the molecule is Cc1cc(C)c(I)c(CO)c1. The van der Waals surface area contributed by atoms with Crippen LogP contribution < -0.4 is 0 Å². The van der Waals surface area contributed by atoms with Crippen LogP contribution in [0.2, 0.25) is 0 Å². The summed E-state index contributed by atoms with van der Waals surface area (Å²) >= 11 is 2.26. The molecule has 1 rings (SSSR count). The van der Waals surface area contributed by atoms with Gasteiger partial charge in [0.15, 0.2) is 0 Å². The summed E-state index contributed by atoms with van der Waals surface area (Å²) in [5, 5.41) is 8.96. The largest absolute Gasteiger partial charge is 0.392 e. The number of halogens is 1. The van der Waals surface area contributed by atoms with Crippen molar-refractivity contribution in [2.75, 3.05) is 0 Å². The van der Waals surface area contributed by atoms with Crippen molar-refractivity contribution < 1.29 is 5.11 Å². The summed E-state index contributed by atoms with van der Waals surface area (Å²) in [5.74, 6) is 0. The van der Waals surface area contributed by atoms with Crippen molar-refractivity contribution in [3.63, 3.8) is 0 Å². The van der Waals surface area contributed by atoms with Crippen molar-refractivity contribution in [2.24, 2.45) is 0 Å². The van der Waals surface area contributed by atoms with E-state index in [1.54, 1.807) is 0 Å². The minimum atomic E-state index is 0.140. The lowest BCUT2D eigenvalue weighted by atomic mass is 10.1. The van der Waals surface area contributed by atoms with E-state index in [1.807, 2.05) is 13.0 Å². The molecular formula is C9H11IO. The molecule has 0 atom stereocenters. The highest BCUT2D eigenvalue weighted by molar-refractivity contribution is 14.1. The zero-order chi connectivity index (χ0) is 8.43. The molecule has 1 aromatic rings. The van der Waals surface area contributed by atoms with Gasteiger partial charge < -0.3 is 5.11 Å². The first-order valence-electron chi connectivity index (χ1n) is 3.51. The van der Waals surface area contributed by atoms with Gasteiger partial charge >= 0.3 is 0 Å². The van der Waals surface area contributed by atoms with Crippen LogP contribution in [-0.2, 0) is 6.61 Å². The first-order valence-corrected chi connectivity index (χ1v) is 4.59. The van der Waals surface area contributed by atoms with Gasteiger partial charge in [-0.1, -0.05) is 17.7 Å². The maximum absolute atomic E-state index is 8.96. The number of aliphatic hydroxyl groups is 1. The molecule has 0 amide bonds. The molecule has 60 valence electrons. The highest BCUT2D eigenvalue weighted by Gasteiger charge is 2.01. The van der Waals surface area contributed by atoms with Gasteiger partial charge in [-0.2, -0.15) is 0 Å². The van der Waals surface area contributed by atoms with E-state index in [1.165, 1.54) is 14.7 Å². The van der Waals surface area contributed by atoms with Crippen molar-refractivity contribution >= 4 is 22.6 Å². The van der Waals surface area contributed by atoms with E-state index in [4.69, 9.17) is 5.11 Å². The molecule has 0 radical (unpaired) electrons. The molecule has 0 aliphatic carbocycles. The average molecular weight is 262 g/mol. The maximum Gasteiger partial charge on any atom is 0.0692 e. The van der Waals surface area contributed by atoms with Crippen molar-refractivity contribution in [3.8, 4) is 0 Å². The molecule has 0 unspecified atom stereocenters. The Hall–Kier alpha value is -0.0900. The summed E-state index contributed by atoms with van der Waals surface area (Å²) in [7, 11) is 0. The van der Waals surface area contributed by atoms with Gasteiger partial charge in [0, 0.05) is 3.57 Å². The molecule has 11 heavy (non-hydrogen) atoms. The maximum atomic E-state index is 8.96. The van der Waals surface area contributed by atoms with Crippen LogP contribution in [-0.4, -0.2) is 5.11 Å². The molecule has 0 aliphatic heterocycles. The summed E-state index contributed by atoms with van der Waals surface area (Å²) in [6.07, 6.45) is 0. The fourth-order valence-electron chi connectivity index (χ4n) is 1.15. The second-order valence-electron chi connectivity index (χ2n) is 2.71. The molecule has 2 heteroatoms. The van der Waals surface area contributed by atoms with Crippen LogP contribution in [0.5, 0.6) is 0 Å². The number of hydrogen-bond acceptors (Lipinski definition) is 1. The van der Waals surface area contributed by atoms with Crippen LogP contribution >= 0.6 is 22.6 Å². The molecule has 0 aromatic heterocycles. The zero-order valence-electron chi connectivity index (χ0n) is 6.69. The Bertz CT molecular complexity index is 269. The topological polar surface area (TPSA) is 20.2 Å². The lowest BCUT2D eigenvalue weighted by molar-refractivity contribution is 0.281. The predicted molar refractivity (Wildman–Crippen MR) is 54.6 cm³/mol. The second kappa shape index (κ2) is 3.54. The van der Waals surface area contributed by atoms with E-state index < -0.39 is 0 Å². The summed E-state index contributed by atoms with van der Waals surface area (Å²) in [4.78, 5) is 0. The standard InChI is InChI=1S/C9H11IO/c1-6-3-7(2)9(10)8(4-6)5-11/h3-4,11H,5H2,1-2H3. The van der Waals surface area contributed by atoms with E-state index in [9.17, 15) is 0 Å². The van der Waals surface area contributed by atoms with Gasteiger partial charge in [0.05, 0.1) is 6.61 Å². The lowest BCUT2D eigenvalue weighted by Crippen LogP contribution is -1.92. The molecule has 0 fully saturated rings. The third-order valence-electron chi connectivity index (χ3n) is 1.64. The van der Waals surface area contributed by atoms with E-state index >= 15 is 0 Å². The number of aliphatic hydroxyl groups excluding tert-OH is 1. The highest BCUT2D eigenvalue weighted by Crippen LogP contribution is 2.18. The van der Waals surface area contributed by atoms with Crippen LogP contribution in [0, 0.1) is 17.4 Å². The first-order chi connectivity index (χ1) is 5.15. The van der Waals surface area contributed by atoms with Crippen LogP contribution in [0.1, 0.15) is 16.7 Å². The minimum Gasteiger partial charge on any atom is -0.392 e. The number of rotatable bonds is 1. The summed E-state index contributed by atoms with van der Waals surface area (Å²) < 4.78 is 1.18. The Morgan fingerprint density at radius 1 is 1.36 bits per heavy atom. The smallest absolute Gasteiger partial charge is 0.0692 e. The third-order valence-corrected chi connectivity index (χ3v) is 3.19. The number of aryl methyl sites for hydroxylation is 2. The van der Waals surface area contributed by atoms with Crippen LogP contribution in [0.25, 0.3) is 0 Å². The molecule has 1 N–H and O–H groups in total. The molecule has 1 nitrogen and oxygen atoms in total. The van der Waals surface area contributed by atoms with Gasteiger partial charge in [0.25, 0.3) is 0 Å². The van der Waals surface area contributed by atoms with Gasteiger partial charge in [-0.05, 0) is 47.6 Å². The highest BCUT2D eigenvalue weighted by atomic mass is 127. The van der Waals surface area contributed by atoms with Gasteiger partial charge in [-0.15, -0.1) is 0 Å². The predicted octanol–water partition coefficient (Wildman–Crippen LogP) is 2.40. The monoisotopic (exact) mass is 262 g/mol. The Kier molecular flexibility index (Phi) is 2.90. The number of hydrogen-bond donors (Lipinski definition) is 1. The zero-order valence-corrected chi connectivity index (χ0v) is 8.84. The molecule has 0 aliphatic rings. The van der Waals surface area contributed by atoms with Crippen molar-refractivity contribution in [1.29, 1.82) is 0 Å². The second-order valence-corrected chi connectivity index (χ2v) is 3.79. The normalized spacial score (nSPS) is 10.2. The molecule has 0 spiro atoms. The van der Waals surface area contributed by atoms with E-state index in [0.29, 0.717) is 0 Å². The van der Waals surface area contributed by atoms with Gasteiger partial charge in [0.2, 0.25) is 0 Å². The van der Waals surface area contributed by atoms with E-state index in [2.05, 4.69) is 35.6 Å². The Morgan fingerprint density at radius 3 is 2.55 bits per heavy atom. The summed E-state index contributed by atoms with van der Waals surface area (Å²) in [6.45, 7) is 4.25. The van der Waals surface area contributed by atoms with Gasteiger partial charge in [-0.25, -0.2) is 0 Å². The van der Waals surface area contributed by atoms with Crippen molar-refractivity contribution in [1.82, 2.24) is 0 Å².